The normalized spacial score (nSPS) is 18.3. The molecule has 19 heavy (non-hydrogen) atoms. The molecule has 0 saturated heterocycles. The number of hydrogen-bond acceptors (Lipinski definition) is 2. The Morgan fingerprint density at radius 3 is 3.00 bits per heavy atom. The average molecular weight is 255 g/mol. The van der Waals surface area contributed by atoms with Crippen LogP contribution in [0, 0.1) is 6.92 Å². The van der Waals surface area contributed by atoms with E-state index in [0.29, 0.717) is 6.04 Å². The maximum absolute atomic E-state index is 4.40. The highest BCUT2D eigenvalue weighted by Crippen LogP contribution is 2.29. The second-order valence-electron chi connectivity index (χ2n) is 5.44. The summed E-state index contributed by atoms with van der Waals surface area (Å²) in [5.74, 6) is 0. The first-order valence-electron chi connectivity index (χ1n) is 7.04. The van der Waals surface area contributed by atoms with Crippen LogP contribution in [0.2, 0.25) is 0 Å². The van der Waals surface area contributed by atoms with Gasteiger partial charge in [0.25, 0.3) is 0 Å². The van der Waals surface area contributed by atoms with Crippen LogP contribution >= 0.6 is 0 Å². The molecule has 0 bridgehead atoms. The lowest BCUT2D eigenvalue weighted by Gasteiger charge is -2.26. The van der Waals surface area contributed by atoms with Crippen LogP contribution in [0.5, 0.6) is 0 Å². The van der Waals surface area contributed by atoms with E-state index in [-0.39, 0.29) is 0 Å². The van der Waals surface area contributed by atoms with Crippen LogP contribution in [-0.2, 0) is 20.0 Å². The summed E-state index contributed by atoms with van der Waals surface area (Å²) >= 11 is 0. The Morgan fingerprint density at radius 2 is 2.21 bits per heavy atom. The molecule has 1 heterocycles. The quantitative estimate of drug-likeness (QED) is 0.914. The maximum Gasteiger partial charge on any atom is 0.0638 e. The third-order valence-electron chi connectivity index (χ3n) is 4.02. The molecule has 1 unspecified atom stereocenters. The Morgan fingerprint density at radius 1 is 1.37 bits per heavy atom. The maximum atomic E-state index is 4.40. The highest BCUT2D eigenvalue weighted by atomic mass is 15.2. The lowest BCUT2D eigenvalue weighted by atomic mass is 9.87. The molecule has 2 aromatic rings. The fraction of sp³-hybridized carbons (Fsp3) is 0.438. The highest BCUT2D eigenvalue weighted by molar-refractivity contribution is 5.32. The molecule has 3 nitrogen and oxygen atoms in total. The molecule has 1 atom stereocenters. The van der Waals surface area contributed by atoms with Crippen molar-refractivity contribution in [2.24, 2.45) is 7.05 Å². The molecule has 0 aliphatic heterocycles. The molecule has 1 aliphatic carbocycles. The standard InChI is InChI=1S/C16H21N3/c1-12-14(11-19(2)18-12)10-17-16-9-5-7-13-6-3-4-8-15(13)16/h3-4,6,8,11,16-17H,5,7,9-10H2,1-2H3. The van der Waals surface area contributed by atoms with Crippen LogP contribution in [0.4, 0.5) is 0 Å². The van der Waals surface area contributed by atoms with Crippen molar-refractivity contribution >= 4 is 0 Å². The number of fused-ring (bicyclic) bond motifs is 1. The summed E-state index contributed by atoms with van der Waals surface area (Å²) in [5, 5.41) is 8.09. The smallest absolute Gasteiger partial charge is 0.0638 e. The number of rotatable bonds is 3. The van der Waals surface area contributed by atoms with Gasteiger partial charge in [-0.05, 0) is 37.3 Å². The Labute approximate surface area is 114 Å². The van der Waals surface area contributed by atoms with E-state index < -0.39 is 0 Å². The van der Waals surface area contributed by atoms with E-state index >= 15 is 0 Å². The second-order valence-corrected chi connectivity index (χ2v) is 5.44. The van der Waals surface area contributed by atoms with Crippen LogP contribution in [-0.4, -0.2) is 9.78 Å². The Kier molecular flexibility index (Phi) is 3.38. The number of nitrogens with one attached hydrogen (secondary N) is 1. The molecular weight excluding hydrogens is 234 g/mol. The molecule has 0 saturated carbocycles. The van der Waals surface area contributed by atoms with Gasteiger partial charge in [0.2, 0.25) is 0 Å². The lowest BCUT2D eigenvalue weighted by molar-refractivity contribution is 0.458. The Hall–Kier alpha value is -1.61. The molecule has 1 N–H and O–H groups in total. The lowest BCUT2D eigenvalue weighted by Crippen LogP contribution is -2.24. The van der Waals surface area contributed by atoms with E-state index in [0.717, 1.165) is 12.2 Å². The molecule has 1 aromatic carbocycles. The van der Waals surface area contributed by atoms with Gasteiger partial charge in [-0.2, -0.15) is 5.10 Å². The molecular formula is C16H21N3. The van der Waals surface area contributed by atoms with Crippen molar-refractivity contribution in [3.05, 3.63) is 52.8 Å². The Balaban J connectivity index is 1.73. The van der Waals surface area contributed by atoms with E-state index in [2.05, 4.69) is 47.8 Å². The predicted octanol–water partition coefficient (Wildman–Crippen LogP) is 2.90. The molecule has 1 aromatic heterocycles. The molecule has 0 radical (unpaired) electrons. The van der Waals surface area contributed by atoms with E-state index in [1.807, 2.05) is 11.7 Å². The number of aromatic nitrogens is 2. The monoisotopic (exact) mass is 255 g/mol. The number of hydrogen-bond donors (Lipinski definition) is 1. The summed E-state index contributed by atoms with van der Waals surface area (Å²) in [6, 6.07) is 9.31. The zero-order valence-corrected chi connectivity index (χ0v) is 11.7. The Bertz CT molecular complexity index is 571. The summed E-state index contributed by atoms with van der Waals surface area (Å²) in [6.07, 6.45) is 5.84. The van der Waals surface area contributed by atoms with Gasteiger partial charge < -0.3 is 5.32 Å². The van der Waals surface area contributed by atoms with E-state index in [1.54, 1.807) is 0 Å². The summed E-state index contributed by atoms with van der Waals surface area (Å²) in [5.41, 5.74) is 5.41. The van der Waals surface area contributed by atoms with Crippen LogP contribution in [0.25, 0.3) is 0 Å². The zero-order chi connectivity index (χ0) is 13.2. The molecule has 0 spiro atoms. The van der Waals surface area contributed by atoms with Gasteiger partial charge in [0.15, 0.2) is 0 Å². The fourth-order valence-electron chi connectivity index (χ4n) is 3.02. The van der Waals surface area contributed by atoms with E-state index in [1.165, 1.54) is 36.0 Å². The van der Waals surface area contributed by atoms with Gasteiger partial charge >= 0.3 is 0 Å². The summed E-state index contributed by atoms with van der Waals surface area (Å²) in [6.45, 7) is 2.98. The van der Waals surface area contributed by atoms with Crippen LogP contribution in [0.3, 0.4) is 0 Å². The van der Waals surface area contributed by atoms with Crippen LogP contribution < -0.4 is 5.32 Å². The largest absolute Gasteiger partial charge is 0.306 e. The average Bonchev–Trinajstić information content (AvgIpc) is 2.74. The van der Waals surface area contributed by atoms with Crippen molar-refractivity contribution in [2.75, 3.05) is 0 Å². The summed E-state index contributed by atoms with van der Waals surface area (Å²) in [4.78, 5) is 0. The number of aryl methyl sites for hydroxylation is 3. The van der Waals surface area contributed by atoms with Crippen LogP contribution in [0.1, 0.15) is 41.3 Å². The molecule has 3 rings (SSSR count). The van der Waals surface area contributed by atoms with Gasteiger partial charge in [0.05, 0.1) is 5.69 Å². The van der Waals surface area contributed by atoms with Gasteiger partial charge in [-0.1, -0.05) is 24.3 Å². The van der Waals surface area contributed by atoms with Gasteiger partial charge in [0.1, 0.15) is 0 Å². The van der Waals surface area contributed by atoms with Crippen molar-refractivity contribution < 1.29 is 0 Å². The van der Waals surface area contributed by atoms with Crippen LogP contribution in [0.15, 0.2) is 30.5 Å². The minimum absolute atomic E-state index is 0.490. The van der Waals surface area contributed by atoms with E-state index in [9.17, 15) is 0 Å². The third-order valence-corrected chi connectivity index (χ3v) is 4.02. The van der Waals surface area contributed by atoms with Gasteiger partial charge in [-0.25, -0.2) is 0 Å². The fourth-order valence-corrected chi connectivity index (χ4v) is 3.02. The first-order chi connectivity index (χ1) is 9.24. The minimum Gasteiger partial charge on any atom is -0.306 e. The van der Waals surface area contributed by atoms with Gasteiger partial charge in [-0.15, -0.1) is 0 Å². The van der Waals surface area contributed by atoms with Crippen molar-refractivity contribution in [2.45, 2.75) is 38.8 Å². The SMILES string of the molecule is Cc1nn(C)cc1CNC1CCCc2ccccc21. The highest BCUT2D eigenvalue weighted by Gasteiger charge is 2.19. The summed E-state index contributed by atoms with van der Waals surface area (Å²) in [7, 11) is 1.98. The topological polar surface area (TPSA) is 29.9 Å². The predicted molar refractivity (Wildman–Crippen MR) is 76.9 cm³/mol. The van der Waals surface area contributed by atoms with Crippen molar-refractivity contribution in [3.63, 3.8) is 0 Å². The second kappa shape index (κ2) is 5.17. The first kappa shape index (κ1) is 12.4. The first-order valence-corrected chi connectivity index (χ1v) is 7.04. The van der Waals surface area contributed by atoms with Crippen molar-refractivity contribution in [1.29, 1.82) is 0 Å². The molecule has 3 heteroatoms. The van der Waals surface area contributed by atoms with E-state index in [4.69, 9.17) is 0 Å². The van der Waals surface area contributed by atoms with Gasteiger partial charge in [-0.3, -0.25) is 4.68 Å². The van der Waals surface area contributed by atoms with Crippen molar-refractivity contribution in [1.82, 2.24) is 15.1 Å². The molecule has 100 valence electrons. The molecule has 1 aliphatic rings. The third kappa shape index (κ3) is 2.56. The molecule has 0 fully saturated rings. The summed E-state index contributed by atoms with van der Waals surface area (Å²) < 4.78 is 1.89. The van der Waals surface area contributed by atoms with Gasteiger partial charge in [0, 0.05) is 31.4 Å². The minimum atomic E-state index is 0.490. The number of nitrogens with zero attached hydrogens (tertiary/aromatic N) is 2. The zero-order valence-electron chi connectivity index (χ0n) is 11.7. The van der Waals surface area contributed by atoms with Crippen molar-refractivity contribution in [3.8, 4) is 0 Å². The molecule has 0 amide bonds. The number of benzene rings is 1.